The number of nitrogens with zero attached hydrogens (tertiary/aromatic N) is 2. The van der Waals surface area contributed by atoms with E-state index in [1.807, 2.05) is 13.8 Å². The van der Waals surface area contributed by atoms with E-state index in [1.54, 1.807) is 6.92 Å². The van der Waals surface area contributed by atoms with Gasteiger partial charge in [-0.25, -0.2) is 0 Å². The maximum absolute atomic E-state index is 12.1. The summed E-state index contributed by atoms with van der Waals surface area (Å²) in [5, 5.41) is 11.6. The molecular weight excluding hydrogens is 278 g/mol. The molecule has 20 heavy (non-hydrogen) atoms. The lowest BCUT2D eigenvalue weighted by Crippen LogP contribution is -2.51. The van der Waals surface area contributed by atoms with Crippen LogP contribution in [-0.2, 0) is 9.53 Å². The van der Waals surface area contributed by atoms with E-state index in [4.69, 9.17) is 9.15 Å². The van der Waals surface area contributed by atoms with Gasteiger partial charge in [0.15, 0.2) is 0 Å². The van der Waals surface area contributed by atoms with Gasteiger partial charge in [0.05, 0.1) is 6.61 Å². The average Bonchev–Trinajstić information content (AvgIpc) is 3.10. The lowest BCUT2D eigenvalue weighted by atomic mass is 9.99. The van der Waals surface area contributed by atoms with Crippen molar-refractivity contribution in [1.29, 1.82) is 0 Å². The summed E-state index contributed by atoms with van der Waals surface area (Å²) in [4.78, 5) is 12.1. The molecule has 1 unspecified atom stereocenters. The molecule has 0 radical (unpaired) electrons. The quantitative estimate of drug-likeness (QED) is 0.580. The number of thioether (sulfide) groups is 1. The molecule has 0 amide bonds. The number of aryl methyl sites for hydroxylation is 1. The smallest absolute Gasteiger partial charge is 0.326 e. The maximum atomic E-state index is 12.1. The zero-order valence-corrected chi connectivity index (χ0v) is 13.0. The van der Waals surface area contributed by atoms with Crippen molar-refractivity contribution < 1.29 is 13.9 Å². The molecule has 1 aliphatic rings. The molecule has 0 aliphatic heterocycles. The van der Waals surface area contributed by atoms with Crippen molar-refractivity contribution in [2.45, 2.75) is 56.8 Å². The molecule has 0 saturated heterocycles. The van der Waals surface area contributed by atoms with Gasteiger partial charge in [0.2, 0.25) is 5.89 Å². The molecule has 1 heterocycles. The van der Waals surface area contributed by atoms with Gasteiger partial charge in [0.1, 0.15) is 5.54 Å². The normalized spacial score (nSPS) is 17.8. The highest BCUT2D eigenvalue weighted by molar-refractivity contribution is 7.99. The molecule has 1 atom stereocenters. The van der Waals surface area contributed by atoms with E-state index in [-0.39, 0.29) is 5.97 Å². The Kier molecular flexibility index (Phi) is 5.04. The molecule has 6 nitrogen and oxygen atoms in total. The fourth-order valence-corrected chi connectivity index (χ4v) is 2.84. The molecule has 1 aliphatic carbocycles. The van der Waals surface area contributed by atoms with Gasteiger partial charge in [0, 0.05) is 18.7 Å². The van der Waals surface area contributed by atoms with Crippen molar-refractivity contribution in [2.75, 3.05) is 12.4 Å². The second-order valence-corrected chi connectivity index (χ2v) is 6.20. The summed E-state index contributed by atoms with van der Waals surface area (Å²) in [5.41, 5.74) is -0.640. The van der Waals surface area contributed by atoms with Crippen LogP contribution < -0.4 is 5.32 Å². The Bertz CT molecular complexity index is 461. The van der Waals surface area contributed by atoms with Gasteiger partial charge in [-0.2, -0.15) is 0 Å². The summed E-state index contributed by atoms with van der Waals surface area (Å²) >= 11 is 1.46. The number of hydrogen-bond donors (Lipinski definition) is 1. The first-order valence-electron chi connectivity index (χ1n) is 6.91. The topological polar surface area (TPSA) is 77.2 Å². The van der Waals surface area contributed by atoms with Gasteiger partial charge >= 0.3 is 5.97 Å². The summed E-state index contributed by atoms with van der Waals surface area (Å²) in [7, 11) is 0. The van der Waals surface area contributed by atoms with Crippen molar-refractivity contribution in [3.05, 3.63) is 5.89 Å². The Balaban J connectivity index is 1.87. The summed E-state index contributed by atoms with van der Waals surface area (Å²) in [5.74, 6) is 1.09. The minimum Gasteiger partial charge on any atom is -0.465 e. The van der Waals surface area contributed by atoms with Gasteiger partial charge in [-0.05, 0) is 33.1 Å². The van der Waals surface area contributed by atoms with Gasteiger partial charge in [-0.15, -0.1) is 10.2 Å². The van der Waals surface area contributed by atoms with Crippen LogP contribution in [0.3, 0.4) is 0 Å². The van der Waals surface area contributed by atoms with Crippen LogP contribution in [0, 0.1) is 6.92 Å². The number of carbonyl (C=O) groups excluding carboxylic acids is 1. The Hall–Kier alpha value is -1.08. The third kappa shape index (κ3) is 4.21. The predicted octanol–water partition coefficient (Wildman–Crippen LogP) is 1.93. The second-order valence-electron chi connectivity index (χ2n) is 5.16. The van der Waals surface area contributed by atoms with E-state index >= 15 is 0 Å². The van der Waals surface area contributed by atoms with Crippen LogP contribution in [-0.4, -0.2) is 40.1 Å². The number of hydrogen-bond acceptors (Lipinski definition) is 7. The molecule has 1 aromatic heterocycles. The summed E-state index contributed by atoms with van der Waals surface area (Å²) < 4.78 is 10.5. The Morgan fingerprint density at radius 1 is 1.55 bits per heavy atom. The lowest BCUT2D eigenvalue weighted by molar-refractivity contribution is -0.150. The van der Waals surface area contributed by atoms with E-state index in [0.717, 1.165) is 18.6 Å². The molecule has 1 aromatic rings. The van der Waals surface area contributed by atoms with Crippen LogP contribution in [0.1, 0.15) is 39.0 Å². The number of aromatic nitrogens is 2. The zero-order chi connectivity index (χ0) is 14.6. The predicted molar refractivity (Wildman–Crippen MR) is 75.6 cm³/mol. The van der Waals surface area contributed by atoms with Gasteiger partial charge < -0.3 is 9.15 Å². The molecule has 7 heteroatoms. The van der Waals surface area contributed by atoms with E-state index in [2.05, 4.69) is 15.5 Å². The molecule has 2 rings (SSSR count). The standard InChI is InChI=1S/C13H21N3O3S/c1-4-18-11(17)13(3,14-10-5-6-10)7-8-20-12-16-15-9(2)19-12/h10,14H,4-8H2,1-3H3. The molecule has 1 N–H and O–H groups in total. The van der Waals surface area contributed by atoms with Crippen molar-refractivity contribution in [1.82, 2.24) is 15.5 Å². The Morgan fingerprint density at radius 3 is 2.85 bits per heavy atom. The molecule has 0 aromatic carbocycles. The first-order chi connectivity index (χ1) is 9.53. The maximum Gasteiger partial charge on any atom is 0.326 e. The molecule has 112 valence electrons. The largest absolute Gasteiger partial charge is 0.465 e. The van der Waals surface area contributed by atoms with Crippen molar-refractivity contribution in [3.8, 4) is 0 Å². The highest BCUT2D eigenvalue weighted by atomic mass is 32.2. The first kappa shape index (κ1) is 15.3. The monoisotopic (exact) mass is 299 g/mol. The highest BCUT2D eigenvalue weighted by Crippen LogP contribution is 2.27. The van der Waals surface area contributed by atoms with Crippen LogP contribution in [0.15, 0.2) is 9.64 Å². The summed E-state index contributed by atoms with van der Waals surface area (Å²) in [6.45, 7) is 5.89. The van der Waals surface area contributed by atoms with Crippen molar-refractivity contribution in [2.24, 2.45) is 0 Å². The number of ether oxygens (including phenoxy) is 1. The molecule has 1 fully saturated rings. The third-order valence-electron chi connectivity index (χ3n) is 3.16. The summed E-state index contributed by atoms with van der Waals surface area (Å²) in [6, 6.07) is 0.444. The van der Waals surface area contributed by atoms with Crippen LogP contribution in [0.5, 0.6) is 0 Å². The van der Waals surface area contributed by atoms with E-state index in [9.17, 15) is 4.79 Å². The van der Waals surface area contributed by atoms with Crippen molar-refractivity contribution in [3.63, 3.8) is 0 Å². The number of esters is 1. The average molecular weight is 299 g/mol. The van der Waals surface area contributed by atoms with Gasteiger partial charge in [0.25, 0.3) is 5.22 Å². The fraction of sp³-hybridized carbons (Fsp3) is 0.769. The number of rotatable bonds is 8. The van der Waals surface area contributed by atoms with Gasteiger partial charge in [-0.1, -0.05) is 11.8 Å². The molecule has 0 spiro atoms. The summed E-state index contributed by atoms with van der Waals surface area (Å²) in [6.07, 6.45) is 2.92. The Morgan fingerprint density at radius 2 is 2.30 bits per heavy atom. The van der Waals surface area contributed by atoms with Crippen LogP contribution in [0.4, 0.5) is 0 Å². The minimum atomic E-state index is -0.640. The van der Waals surface area contributed by atoms with Crippen molar-refractivity contribution >= 4 is 17.7 Å². The van der Waals surface area contributed by atoms with Crippen LogP contribution in [0.2, 0.25) is 0 Å². The number of nitrogens with one attached hydrogen (secondary N) is 1. The van der Waals surface area contributed by atoms with E-state index < -0.39 is 5.54 Å². The van der Waals surface area contributed by atoms with E-state index in [0.29, 0.717) is 30.2 Å². The first-order valence-corrected chi connectivity index (χ1v) is 7.90. The highest BCUT2D eigenvalue weighted by Gasteiger charge is 2.39. The number of carbonyl (C=O) groups is 1. The fourth-order valence-electron chi connectivity index (χ4n) is 1.88. The molecular formula is C13H21N3O3S. The zero-order valence-electron chi connectivity index (χ0n) is 12.1. The Labute approximate surface area is 123 Å². The molecule has 1 saturated carbocycles. The lowest BCUT2D eigenvalue weighted by Gasteiger charge is -2.28. The van der Waals surface area contributed by atoms with Crippen LogP contribution in [0.25, 0.3) is 0 Å². The van der Waals surface area contributed by atoms with Gasteiger partial charge in [-0.3, -0.25) is 10.1 Å². The third-order valence-corrected chi connectivity index (χ3v) is 3.98. The SMILES string of the molecule is CCOC(=O)C(C)(CCSc1nnc(C)o1)NC1CC1. The minimum absolute atomic E-state index is 0.186. The molecule has 0 bridgehead atoms. The van der Waals surface area contributed by atoms with E-state index in [1.165, 1.54) is 11.8 Å². The van der Waals surface area contributed by atoms with Crippen LogP contribution >= 0.6 is 11.8 Å². The second kappa shape index (κ2) is 6.58.